The molecule has 150 valence electrons. The van der Waals surface area contributed by atoms with Crippen LogP contribution in [0.3, 0.4) is 0 Å². The van der Waals surface area contributed by atoms with E-state index in [1.165, 1.54) is 23.5 Å². The number of sulfonamides is 1. The Bertz CT molecular complexity index is 927. The van der Waals surface area contributed by atoms with E-state index in [2.05, 4.69) is 6.92 Å². The van der Waals surface area contributed by atoms with Crippen molar-refractivity contribution in [3.05, 3.63) is 64.7 Å². The minimum absolute atomic E-state index is 0.0419. The van der Waals surface area contributed by atoms with E-state index in [0.29, 0.717) is 16.5 Å². The fraction of sp³-hybridized carbons (Fsp3) is 0.381. The zero-order valence-electron chi connectivity index (χ0n) is 16.1. The SMILES string of the molecule is CC1CCCN(C(=O)c2ccc(CN(C)S(=O)(=O)c3ccc(Cl)cc3)cc2)C1. The summed E-state index contributed by atoms with van der Waals surface area (Å²) in [7, 11) is -2.06. The third-order valence-corrected chi connectivity index (χ3v) is 7.14. The topological polar surface area (TPSA) is 57.7 Å². The number of piperidine rings is 1. The molecule has 0 aromatic heterocycles. The lowest BCUT2D eigenvalue weighted by molar-refractivity contribution is 0.0683. The molecule has 0 aliphatic carbocycles. The second-order valence-corrected chi connectivity index (χ2v) is 9.89. The molecule has 0 N–H and O–H groups in total. The average Bonchev–Trinajstić information content (AvgIpc) is 2.68. The fourth-order valence-electron chi connectivity index (χ4n) is 3.44. The molecule has 1 aliphatic rings. The Balaban J connectivity index is 1.68. The van der Waals surface area contributed by atoms with Crippen molar-refractivity contribution in [2.24, 2.45) is 5.92 Å². The molecule has 1 fully saturated rings. The van der Waals surface area contributed by atoms with Crippen molar-refractivity contribution in [3.63, 3.8) is 0 Å². The van der Waals surface area contributed by atoms with Gasteiger partial charge in [0.2, 0.25) is 10.0 Å². The molecule has 1 heterocycles. The maximum absolute atomic E-state index is 12.7. The van der Waals surface area contributed by atoms with Crippen LogP contribution in [-0.4, -0.2) is 43.7 Å². The summed E-state index contributed by atoms with van der Waals surface area (Å²) in [6.07, 6.45) is 2.20. The summed E-state index contributed by atoms with van der Waals surface area (Å²) in [6.45, 7) is 3.98. The number of hydrogen-bond donors (Lipinski definition) is 0. The van der Waals surface area contributed by atoms with Gasteiger partial charge in [-0.2, -0.15) is 4.31 Å². The molecular formula is C21H25ClN2O3S. The third-order valence-electron chi connectivity index (χ3n) is 5.07. The molecule has 7 heteroatoms. The van der Waals surface area contributed by atoms with Crippen LogP contribution in [0.25, 0.3) is 0 Å². The van der Waals surface area contributed by atoms with Crippen LogP contribution in [0.5, 0.6) is 0 Å². The summed E-state index contributed by atoms with van der Waals surface area (Å²) >= 11 is 5.84. The third kappa shape index (κ3) is 4.74. The fourth-order valence-corrected chi connectivity index (χ4v) is 4.72. The molecule has 0 radical (unpaired) electrons. The molecule has 3 rings (SSSR count). The van der Waals surface area contributed by atoms with Crippen molar-refractivity contribution in [1.29, 1.82) is 0 Å². The number of likely N-dealkylation sites (tertiary alicyclic amines) is 1. The molecule has 1 amide bonds. The maximum Gasteiger partial charge on any atom is 0.253 e. The van der Waals surface area contributed by atoms with E-state index in [1.54, 1.807) is 24.3 Å². The maximum atomic E-state index is 12.7. The van der Waals surface area contributed by atoms with Gasteiger partial charge >= 0.3 is 0 Å². The van der Waals surface area contributed by atoms with Crippen LogP contribution < -0.4 is 0 Å². The van der Waals surface area contributed by atoms with Crippen molar-refractivity contribution >= 4 is 27.5 Å². The first kappa shape index (κ1) is 20.8. The largest absolute Gasteiger partial charge is 0.338 e. The first-order valence-electron chi connectivity index (χ1n) is 9.37. The average molecular weight is 421 g/mol. The first-order valence-corrected chi connectivity index (χ1v) is 11.2. The van der Waals surface area contributed by atoms with Crippen LogP contribution in [0.2, 0.25) is 5.02 Å². The summed E-state index contributed by atoms with van der Waals surface area (Å²) < 4.78 is 26.7. The minimum Gasteiger partial charge on any atom is -0.338 e. The molecule has 1 aliphatic heterocycles. The predicted molar refractivity (Wildman–Crippen MR) is 111 cm³/mol. The first-order chi connectivity index (χ1) is 13.3. The number of carbonyl (C=O) groups excluding carboxylic acids is 1. The van der Waals surface area contributed by atoms with Gasteiger partial charge in [0, 0.05) is 37.3 Å². The van der Waals surface area contributed by atoms with E-state index in [-0.39, 0.29) is 17.3 Å². The highest BCUT2D eigenvalue weighted by Crippen LogP contribution is 2.21. The highest BCUT2D eigenvalue weighted by Gasteiger charge is 2.23. The summed E-state index contributed by atoms with van der Waals surface area (Å²) in [5.41, 5.74) is 1.46. The smallest absolute Gasteiger partial charge is 0.253 e. The molecule has 1 atom stereocenters. The van der Waals surface area contributed by atoms with Crippen molar-refractivity contribution in [2.75, 3.05) is 20.1 Å². The molecule has 1 unspecified atom stereocenters. The Morgan fingerprint density at radius 2 is 1.79 bits per heavy atom. The lowest BCUT2D eigenvalue weighted by Crippen LogP contribution is -2.39. The van der Waals surface area contributed by atoms with Crippen LogP contribution in [0.1, 0.15) is 35.7 Å². The Kier molecular flexibility index (Phi) is 6.43. The normalized spacial score (nSPS) is 17.7. The van der Waals surface area contributed by atoms with Crippen molar-refractivity contribution in [2.45, 2.75) is 31.2 Å². The number of nitrogens with zero attached hydrogens (tertiary/aromatic N) is 2. The van der Waals surface area contributed by atoms with Crippen molar-refractivity contribution in [1.82, 2.24) is 9.21 Å². The molecule has 5 nitrogen and oxygen atoms in total. The van der Waals surface area contributed by atoms with E-state index in [4.69, 9.17) is 11.6 Å². The lowest BCUT2D eigenvalue weighted by Gasteiger charge is -2.31. The standard InChI is InChI=1S/C21H25ClN2O3S/c1-16-4-3-13-24(14-16)21(25)18-7-5-17(6-8-18)15-23(2)28(26,27)20-11-9-19(22)10-12-20/h5-12,16H,3-4,13-15H2,1-2H3. The highest BCUT2D eigenvalue weighted by atomic mass is 35.5. The second-order valence-electron chi connectivity index (χ2n) is 7.41. The number of amides is 1. The van der Waals surface area contributed by atoms with Gasteiger partial charge in [0.1, 0.15) is 0 Å². The summed E-state index contributed by atoms with van der Waals surface area (Å²) in [6, 6.07) is 13.3. The molecule has 2 aromatic rings. The summed E-state index contributed by atoms with van der Waals surface area (Å²) in [5.74, 6) is 0.573. The number of benzene rings is 2. The van der Waals surface area contributed by atoms with Gasteiger partial charge in [-0.25, -0.2) is 8.42 Å². The molecular weight excluding hydrogens is 396 g/mol. The van der Waals surface area contributed by atoms with Gasteiger partial charge in [0.15, 0.2) is 0 Å². The number of hydrogen-bond acceptors (Lipinski definition) is 3. The molecule has 1 saturated heterocycles. The van der Waals surface area contributed by atoms with Gasteiger partial charge in [0.25, 0.3) is 5.91 Å². The van der Waals surface area contributed by atoms with Crippen molar-refractivity contribution in [3.8, 4) is 0 Å². The molecule has 0 saturated carbocycles. The van der Waals surface area contributed by atoms with Crippen molar-refractivity contribution < 1.29 is 13.2 Å². The number of rotatable bonds is 5. The minimum atomic E-state index is -3.60. The summed E-state index contributed by atoms with van der Waals surface area (Å²) in [5, 5.41) is 0.491. The van der Waals surface area contributed by atoms with Crippen LogP contribution in [0.4, 0.5) is 0 Å². The van der Waals surface area contributed by atoms with Gasteiger partial charge in [0.05, 0.1) is 4.90 Å². The number of halogens is 1. The van der Waals surface area contributed by atoms with Gasteiger partial charge in [-0.3, -0.25) is 4.79 Å². The Morgan fingerprint density at radius 1 is 1.14 bits per heavy atom. The molecule has 0 bridgehead atoms. The second kappa shape index (κ2) is 8.64. The molecule has 28 heavy (non-hydrogen) atoms. The lowest BCUT2D eigenvalue weighted by atomic mass is 9.99. The zero-order chi connectivity index (χ0) is 20.3. The monoisotopic (exact) mass is 420 g/mol. The van der Waals surface area contributed by atoms with Crippen LogP contribution in [0, 0.1) is 5.92 Å². The zero-order valence-corrected chi connectivity index (χ0v) is 17.7. The van der Waals surface area contributed by atoms with E-state index in [1.807, 2.05) is 17.0 Å². The molecule has 2 aromatic carbocycles. The Hall–Kier alpha value is -1.89. The number of carbonyl (C=O) groups is 1. The van der Waals surface area contributed by atoms with Gasteiger partial charge in [-0.15, -0.1) is 0 Å². The Labute approximate surface area is 172 Å². The van der Waals surface area contributed by atoms with E-state index >= 15 is 0 Å². The quantitative estimate of drug-likeness (QED) is 0.733. The van der Waals surface area contributed by atoms with Crippen LogP contribution in [0.15, 0.2) is 53.4 Å². The van der Waals surface area contributed by atoms with E-state index in [0.717, 1.165) is 31.5 Å². The van der Waals surface area contributed by atoms with E-state index < -0.39 is 10.0 Å². The van der Waals surface area contributed by atoms with E-state index in [9.17, 15) is 13.2 Å². The molecule has 0 spiro atoms. The highest BCUT2D eigenvalue weighted by molar-refractivity contribution is 7.89. The summed E-state index contributed by atoms with van der Waals surface area (Å²) in [4.78, 5) is 14.8. The predicted octanol–water partition coefficient (Wildman–Crippen LogP) is 4.03. The van der Waals surface area contributed by atoms with Gasteiger partial charge in [-0.05, 0) is 60.7 Å². The van der Waals surface area contributed by atoms with Crippen LogP contribution in [-0.2, 0) is 16.6 Å². The van der Waals surface area contributed by atoms with Gasteiger partial charge in [-0.1, -0.05) is 30.7 Å². The Morgan fingerprint density at radius 3 is 2.39 bits per heavy atom. The van der Waals surface area contributed by atoms with Crippen LogP contribution >= 0.6 is 11.6 Å². The van der Waals surface area contributed by atoms with Gasteiger partial charge < -0.3 is 4.90 Å².